The Morgan fingerprint density at radius 1 is 1.31 bits per heavy atom. The van der Waals surface area contributed by atoms with Gasteiger partial charge in [0.15, 0.2) is 0 Å². The summed E-state index contributed by atoms with van der Waals surface area (Å²) in [7, 11) is 0. The number of hydrogen-bond acceptors (Lipinski definition) is 6. The zero-order chi connectivity index (χ0) is 23.6. The van der Waals surface area contributed by atoms with Crippen molar-refractivity contribution < 1.29 is 19.3 Å². The number of imide groups is 1. The molecule has 0 aromatic heterocycles. The van der Waals surface area contributed by atoms with E-state index in [1.165, 1.54) is 41.3 Å². The molecule has 0 bridgehead atoms. The van der Waals surface area contributed by atoms with E-state index >= 15 is 0 Å². The predicted octanol–water partition coefficient (Wildman–Crippen LogP) is 3.69. The van der Waals surface area contributed by atoms with Gasteiger partial charge in [-0.05, 0) is 49.7 Å². The maximum Gasteiger partial charge on any atom is 0.288 e. The van der Waals surface area contributed by atoms with Crippen molar-refractivity contribution in [2.75, 3.05) is 4.90 Å². The number of nitro benzene ring substituents is 1. The van der Waals surface area contributed by atoms with E-state index in [4.69, 9.17) is 16.9 Å². The molecule has 10 heteroatoms. The fourth-order valence-electron chi connectivity index (χ4n) is 3.57. The Kier molecular flexibility index (Phi) is 6.55. The van der Waals surface area contributed by atoms with Gasteiger partial charge in [-0.25, -0.2) is 4.90 Å². The van der Waals surface area contributed by atoms with E-state index in [1.54, 1.807) is 6.92 Å². The largest absolute Gasteiger partial charge is 0.323 e. The Bertz CT molecular complexity index is 1140. The molecule has 1 heterocycles. The molecule has 1 aliphatic rings. The third-order valence-electron chi connectivity index (χ3n) is 5.40. The number of halogens is 1. The van der Waals surface area contributed by atoms with Crippen LogP contribution in [0.1, 0.15) is 42.6 Å². The van der Waals surface area contributed by atoms with Gasteiger partial charge in [0.25, 0.3) is 17.5 Å². The summed E-state index contributed by atoms with van der Waals surface area (Å²) >= 11 is 5.85. The third-order valence-corrected chi connectivity index (χ3v) is 5.72. The molecule has 0 spiro atoms. The summed E-state index contributed by atoms with van der Waals surface area (Å²) in [5.41, 5.74) is 0.262. The summed E-state index contributed by atoms with van der Waals surface area (Å²) in [6.45, 7) is 3.57. The van der Waals surface area contributed by atoms with E-state index in [1.807, 2.05) is 13.0 Å². The minimum Gasteiger partial charge on any atom is -0.323 e. The molecule has 3 rings (SSSR count). The summed E-state index contributed by atoms with van der Waals surface area (Å²) in [6.07, 6.45) is 0.279. The van der Waals surface area contributed by atoms with Crippen LogP contribution in [0.15, 0.2) is 42.5 Å². The van der Waals surface area contributed by atoms with Gasteiger partial charge in [-0.2, -0.15) is 5.26 Å². The van der Waals surface area contributed by atoms with Crippen molar-refractivity contribution in [3.05, 3.63) is 68.7 Å². The van der Waals surface area contributed by atoms with Crippen LogP contribution in [0.25, 0.3) is 0 Å². The first kappa shape index (κ1) is 22.9. The molecule has 2 unspecified atom stereocenters. The molecule has 2 aromatic rings. The highest BCUT2D eigenvalue weighted by molar-refractivity contribution is 6.32. The topological polar surface area (TPSA) is 125 Å². The first-order chi connectivity index (χ1) is 15.2. The van der Waals surface area contributed by atoms with Crippen molar-refractivity contribution in [1.82, 2.24) is 4.90 Å². The van der Waals surface area contributed by atoms with E-state index in [0.717, 1.165) is 11.0 Å². The van der Waals surface area contributed by atoms with Crippen molar-refractivity contribution in [2.24, 2.45) is 0 Å². The number of anilines is 1. The molecule has 3 amide bonds. The predicted molar refractivity (Wildman–Crippen MR) is 116 cm³/mol. The van der Waals surface area contributed by atoms with Gasteiger partial charge in [-0.3, -0.25) is 24.5 Å². The molecule has 0 saturated carbocycles. The van der Waals surface area contributed by atoms with Crippen LogP contribution < -0.4 is 4.90 Å². The number of carbonyl (C=O) groups excluding carboxylic acids is 3. The maximum absolute atomic E-state index is 13.3. The standard InChI is InChI=1S/C22H19ClN4O5/c1-3-13(2)25(21(29)15-6-9-17(23)18(10-15)27(31)32)19-11-20(28)26(22(19)30)16-7-4-14(12-24)5-8-16/h4-10,13,19H,3,11H2,1-2H3. The van der Waals surface area contributed by atoms with Crippen LogP contribution in [-0.4, -0.2) is 39.6 Å². The molecule has 1 aliphatic heterocycles. The molecule has 9 nitrogen and oxygen atoms in total. The number of benzene rings is 2. The summed E-state index contributed by atoms with van der Waals surface area (Å²) in [5.74, 6) is -1.66. The number of amides is 3. The highest BCUT2D eigenvalue weighted by atomic mass is 35.5. The number of hydrogen-bond donors (Lipinski definition) is 0. The lowest BCUT2D eigenvalue weighted by molar-refractivity contribution is -0.384. The number of nitro groups is 1. The highest BCUT2D eigenvalue weighted by Gasteiger charge is 2.45. The number of nitriles is 1. The molecule has 1 saturated heterocycles. The third kappa shape index (κ3) is 4.18. The summed E-state index contributed by atoms with van der Waals surface area (Å²) in [6, 6.07) is 10.1. The lowest BCUT2D eigenvalue weighted by Crippen LogP contribution is -2.49. The molecular formula is C22H19ClN4O5. The number of rotatable bonds is 6. The van der Waals surface area contributed by atoms with E-state index in [-0.39, 0.29) is 17.0 Å². The zero-order valence-corrected chi connectivity index (χ0v) is 18.1. The normalized spacial score (nSPS) is 16.6. The fourth-order valence-corrected chi connectivity index (χ4v) is 3.76. The Labute approximate surface area is 188 Å². The minimum atomic E-state index is -1.06. The van der Waals surface area contributed by atoms with Gasteiger partial charge in [0, 0.05) is 17.7 Å². The van der Waals surface area contributed by atoms with E-state index in [2.05, 4.69) is 0 Å². The Hall–Kier alpha value is -3.77. The fraction of sp³-hybridized carbons (Fsp3) is 0.273. The molecule has 0 radical (unpaired) electrons. The Morgan fingerprint density at radius 2 is 1.97 bits per heavy atom. The first-order valence-electron chi connectivity index (χ1n) is 9.83. The Morgan fingerprint density at radius 3 is 2.53 bits per heavy atom. The van der Waals surface area contributed by atoms with Gasteiger partial charge in [0.2, 0.25) is 5.91 Å². The van der Waals surface area contributed by atoms with Crippen LogP contribution in [-0.2, 0) is 9.59 Å². The van der Waals surface area contributed by atoms with Crippen LogP contribution in [0.3, 0.4) is 0 Å². The van der Waals surface area contributed by atoms with Gasteiger partial charge in [0.05, 0.1) is 28.7 Å². The second-order valence-corrected chi connectivity index (χ2v) is 7.75. The maximum atomic E-state index is 13.3. The lowest BCUT2D eigenvalue weighted by Gasteiger charge is -2.33. The summed E-state index contributed by atoms with van der Waals surface area (Å²) in [4.78, 5) is 52.1. The lowest BCUT2D eigenvalue weighted by atomic mass is 10.1. The molecule has 1 fully saturated rings. The van der Waals surface area contributed by atoms with Gasteiger partial charge in [0.1, 0.15) is 11.1 Å². The first-order valence-corrected chi connectivity index (χ1v) is 10.2. The van der Waals surface area contributed by atoms with Crippen LogP contribution in [0, 0.1) is 21.4 Å². The van der Waals surface area contributed by atoms with Crippen LogP contribution >= 0.6 is 11.6 Å². The molecule has 2 aromatic carbocycles. The molecule has 2 atom stereocenters. The van der Waals surface area contributed by atoms with Crippen LogP contribution in [0.5, 0.6) is 0 Å². The van der Waals surface area contributed by atoms with Crippen molar-refractivity contribution in [3.63, 3.8) is 0 Å². The van der Waals surface area contributed by atoms with Gasteiger partial charge in [-0.1, -0.05) is 18.5 Å². The number of carbonyl (C=O) groups is 3. The van der Waals surface area contributed by atoms with Gasteiger partial charge in [-0.15, -0.1) is 0 Å². The zero-order valence-electron chi connectivity index (χ0n) is 17.3. The van der Waals surface area contributed by atoms with Crippen molar-refractivity contribution in [2.45, 2.75) is 38.8 Å². The molecule has 0 aliphatic carbocycles. The second kappa shape index (κ2) is 9.16. The molecule has 32 heavy (non-hydrogen) atoms. The average Bonchev–Trinajstić information content (AvgIpc) is 3.07. The van der Waals surface area contributed by atoms with Crippen LogP contribution in [0.2, 0.25) is 5.02 Å². The summed E-state index contributed by atoms with van der Waals surface area (Å²) in [5, 5.41) is 20.1. The molecular weight excluding hydrogens is 436 g/mol. The van der Waals surface area contributed by atoms with Crippen molar-refractivity contribution >= 4 is 40.7 Å². The number of nitrogens with zero attached hydrogens (tertiary/aromatic N) is 4. The highest BCUT2D eigenvalue weighted by Crippen LogP contribution is 2.30. The van der Waals surface area contributed by atoms with Gasteiger partial charge < -0.3 is 4.90 Å². The van der Waals surface area contributed by atoms with E-state index in [0.29, 0.717) is 17.7 Å². The Balaban J connectivity index is 1.97. The van der Waals surface area contributed by atoms with Crippen molar-refractivity contribution in [3.8, 4) is 6.07 Å². The smallest absolute Gasteiger partial charge is 0.288 e. The van der Waals surface area contributed by atoms with E-state index < -0.39 is 40.4 Å². The molecule has 0 N–H and O–H groups in total. The quantitative estimate of drug-likeness (QED) is 0.372. The van der Waals surface area contributed by atoms with Crippen LogP contribution in [0.4, 0.5) is 11.4 Å². The minimum absolute atomic E-state index is 0.00141. The second-order valence-electron chi connectivity index (χ2n) is 7.34. The van der Waals surface area contributed by atoms with Gasteiger partial charge >= 0.3 is 0 Å². The monoisotopic (exact) mass is 454 g/mol. The van der Waals surface area contributed by atoms with Crippen molar-refractivity contribution in [1.29, 1.82) is 5.26 Å². The SMILES string of the molecule is CCC(C)N(C(=O)c1ccc(Cl)c([N+](=O)[O-])c1)C1CC(=O)N(c2ccc(C#N)cc2)C1=O. The molecule has 164 valence electrons. The van der Waals surface area contributed by atoms with E-state index in [9.17, 15) is 24.5 Å². The summed E-state index contributed by atoms with van der Waals surface area (Å²) < 4.78 is 0. The average molecular weight is 455 g/mol.